The summed E-state index contributed by atoms with van der Waals surface area (Å²) in [6.07, 6.45) is -0.691. The summed E-state index contributed by atoms with van der Waals surface area (Å²) in [5, 5.41) is 0. The predicted octanol–water partition coefficient (Wildman–Crippen LogP) is 2.54. The van der Waals surface area contributed by atoms with Crippen LogP contribution < -0.4 is 10.6 Å². The van der Waals surface area contributed by atoms with Gasteiger partial charge in [-0.3, -0.25) is 9.69 Å². The zero-order valence-corrected chi connectivity index (χ0v) is 16.5. The van der Waals surface area contributed by atoms with Crippen molar-refractivity contribution < 1.29 is 18.0 Å². The number of anilines is 1. The Kier molecular flexibility index (Phi) is 5.84. The van der Waals surface area contributed by atoms with Crippen molar-refractivity contribution in [1.29, 1.82) is 0 Å². The second-order valence-electron chi connectivity index (χ2n) is 8.43. The van der Waals surface area contributed by atoms with Gasteiger partial charge < -0.3 is 10.6 Å². The molecule has 9 heteroatoms. The Hall–Kier alpha value is -1.90. The van der Waals surface area contributed by atoms with Gasteiger partial charge in [0.1, 0.15) is 5.69 Å². The van der Waals surface area contributed by atoms with Gasteiger partial charge in [-0.15, -0.1) is 0 Å². The lowest BCUT2D eigenvalue weighted by molar-refractivity contribution is -0.141. The monoisotopic (exact) mass is 399 g/mol. The molecule has 3 rings (SSSR count). The molecule has 0 radical (unpaired) electrons. The molecule has 2 N–H and O–H groups in total. The van der Waals surface area contributed by atoms with E-state index in [1.54, 1.807) is 0 Å². The van der Waals surface area contributed by atoms with Gasteiger partial charge in [-0.25, -0.2) is 9.97 Å². The number of fused-ring (bicyclic) bond motifs is 1. The minimum absolute atomic E-state index is 0.124. The molecule has 6 nitrogen and oxygen atoms in total. The number of hydrogen-bond donors (Lipinski definition) is 1. The van der Waals surface area contributed by atoms with Crippen LogP contribution in [0.2, 0.25) is 0 Å². The average Bonchev–Trinajstić information content (AvgIpc) is 3.18. The van der Waals surface area contributed by atoms with E-state index >= 15 is 0 Å². The summed E-state index contributed by atoms with van der Waals surface area (Å²) in [7, 11) is 1.94. The van der Waals surface area contributed by atoms with E-state index < -0.39 is 11.9 Å². The molecule has 2 heterocycles. The van der Waals surface area contributed by atoms with Gasteiger partial charge in [0.15, 0.2) is 0 Å². The average molecular weight is 399 g/mol. The van der Waals surface area contributed by atoms with Crippen LogP contribution in [0, 0.1) is 17.8 Å². The summed E-state index contributed by atoms with van der Waals surface area (Å²) in [6.45, 7) is 5.35. The maximum absolute atomic E-state index is 13.0. The van der Waals surface area contributed by atoms with Gasteiger partial charge in [0.25, 0.3) is 0 Å². The molecule has 4 atom stereocenters. The lowest BCUT2D eigenvalue weighted by atomic mass is 9.94. The van der Waals surface area contributed by atoms with Crippen LogP contribution in [-0.4, -0.2) is 53.0 Å². The van der Waals surface area contributed by atoms with E-state index in [-0.39, 0.29) is 29.9 Å². The van der Waals surface area contributed by atoms with Crippen LogP contribution in [0.25, 0.3) is 0 Å². The molecule has 1 saturated carbocycles. The number of amides is 1. The number of primary amides is 1. The zero-order valence-electron chi connectivity index (χ0n) is 16.5. The molecule has 0 unspecified atom stereocenters. The number of rotatable bonds is 6. The molecular formula is C19H28F3N5O. The van der Waals surface area contributed by atoms with Crippen molar-refractivity contribution in [2.75, 3.05) is 25.0 Å². The van der Waals surface area contributed by atoms with Crippen LogP contribution in [0.1, 0.15) is 38.8 Å². The summed E-state index contributed by atoms with van der Waals surface area (Å²) >= 11 is 0. The van der Waals surface area contributed by atoms with Crippen molar-refractivity contribution in [2.24, 2.45) is 23.5 Å². The van der Waals surface area contributed by atoms with Gasteiger partial charge in [0.05, 0.1) is 6.04 Å². The molecule has 1 saturated heterocycles. The quantitative estimate of drug-likeness (QED) is 0.796. The molecule has 1 aromatic heterocycles. The number of likely N-dealkylation sites (N-methyl/N-ethyl adjacent to an activating group) is 1. The third-order valence-corrected chi connectivity index (χ3v) is 6.07. The summed E-state index contributed by atoms with van der Waals surface area (Å²) in [4.78, 5) is 23.7. The Balaban J connectivity index is 1.74. The van der Waals surface area contributed by atoms with E-state index in [9.17, 15) is 18.0 Å². The first kappa shape index (κ1) is 20.8. The van der Waals surface area contributed by atoms with Crippen LogP contribution in [0.15, 0.2) is 12.3 Å². The molecule has 2 aliphatic rings. The fourth-order valence-electron chi connectivity index (χ4n) is 4.73. The van der Waals surface area contributed by atoms with E-state index in [0.29, 0.717) is 31.3 Å². The van der Waals surface area contributed by atoms with E-state index in [0.717, 1.165) is 25.1 Å². The summed E-state index contributed by atoms with van der Waals surface area (Å²) in [5.41, 5.74) is 4.73. The second kappa shape index (κ2) is 7.85. The van der Waals surface area contributed by atoms with Crippen molar-refractivity contribution in [3.05, 3.63) is 18.0 Å². The first-order valence-electron chi connectivity index (χ1n) is 9.74. The number of nitrogens with two attached hydrogens (primary N) is 1. The highest BCUT2D eigenvalue weighted by molar-refractivity contribution is 5.79. The van der Waals surface area contributed by atoms with E-state index in [2.05, 4.69) is 28.7 Å². The minimum atomic E-state index is -4.48. The molecule has 156 valence electrons. The Morgan fingerprint density at radius 2 is 2.07 bits per heavy atom. The lowest BCUT2D eigenvalue weighted by Crippen LogP contribution is -2.50. The highest BCUT2D eigenvalue weighted by Gasteiger charge is 2.46. The molecule has 2 fully saturated rings. The molecular weight excluding hydrogens is 371 g/mol. The van der Waals surface area contributed by atoms with Crippen LogP contribution >= 0.6 is 0 Å². The highest BCUT2D eigenvalue weighted by atomic mass is 19.4. The maximum atomic E-state index is 13.0. The molecule has 0 spiro atoms. The van der Waals surface area contributed by atoms with Gasteiger partial charge in [-0.1, -0.05) is 13.8 Å². The number of carbonyl (C=O) groups is 1. The summed E-state index contributed by atoms with van der Waals surface area (Å²) < 4.78 is 38.9. The lowest BCUT2D eigenvalue weighted by Gasteiger charge is -2.35. The first-order chi connectivity index (χ1) is 13.1. The number of halogens is 3. The first-order valence-corrected chi connectivity index (χ1v) is 9.74. The summed E-state index contributed by atoms with van der Waals surface area (Å²) in [5.74, 6) is 0.765. The number of carbonyl (C=O) groups excluding carboxylic acids is 1. The molecule has 1 amide bonds. The summed E-state index contributed by atoms with van der Waals surface area (Å²) in [6, 6.07) is 0.736. The van der Waals surface area contributed by atoms with Gasteiger partial charge in [-0.05, 0) is 50.1 Å². The Labute approximate surface area is 163 Å². The number of aromatic nitrogens is 2. The number of alkyl halides is 3. The van der Waals surface area contributed by atoms with Crippen LogP contribution in [0.4, 0.5) is 19.1 Å². The standard InChI is InChI=1S/C19H28F3N5O/c1-11(2)8-15(17(23)28)26(3)14-5-4-12-9-27(10-13(12)14)18-24-7-6-16(25-18)19(20,21)22/h6-7,11-15H,4-5,8-10H2,1-3H3,(H2,23,28)/t12-,13+,14+,15+/m1/s1. The SMILES string of the molecule is CC(C)C[C@@H](C(N)=O)N(C)[C@H]1CC[C@@H]2CN(c3nccc(C(F)(F)F)n3)C[C@@H]21. The molecule has 1 aromatic rings. The van der Waals surface area contributed by atoms with E-state index in [1.807, 2.05) is 11.9 Å². The van der Waals surface area contributed by atoms with Gasteiger partial charge in [0, 0.05) is 25.3 Å². The number of hydrogen-bond acceptors (Lipinski definition) is 5. The Morgan fingerprint density at radius 1 is 1.36 bits per heavy atom. The van der Waals surface area contributed by atoms with Crippen molar-refractivity contribution in [3.63, 3.8) is 0 Å². The van der Waals surface area contributed by atoms with Gasteiger partial charge >= 0.3 is 6.18 Å². The third-order valence-electron chi connectivity index (χ3n) is 6.07. The highest BCUT2D eigenvalue weighted by Crippen LogP contribution is 2.42. The van der Waals surface area contributed by atoms with E-state index in [1.165, 1.54) is 0 Å². The molecule has 0 aromatic carbocycles. The van der Waals surface area contributed by atoms with Crippen molar-refractivity contribution >= 4 is 11.9 Å². The Bertz CT molecular complexity index is 711. The van der Waals surface area contributed by atoms with Crippen LogP contribution in [0.3, 0.4) is 0 Å². The largest absolute Gasteiger partial charge is 0.433 e. The second-order valence-corrected chi connectivity index (χ2v) is 8.43. The molecule has 1 aliphatic carbocycles. The number of nitrogens with zero attached hydrogens (tertiary/aromatic N) is 4. The topological polar surface area (TPSA) is 75.4 Å². The van der Waals surface area contributed by atoms with Crippen LogP contribution in [0.5, 0.6) is 0 Å². The Morgan fingerprint density at radius 3 is 2.68 bits per heavy atom. The fourth-order valence-corrected chi connectivity index (χ4v) is 4.73. The van der Waals surface area contributed by atoms with E-state index in [4.69, 9.17) is 5.73 Å². The molecule has 28 heavy (non-hydrogen) atoms. The zero-order chi connectivity index (χ0) is 20.6. The fraction of sp³-hybridized carbons (Fsp3) is 0.737. The van der Waals surface area contributed by atoms with Gasteiger partial charge in [0.2, 0.25) is 11.9 Å². The van der Waals surface area contributed by atoms with Crippen molar-refractivity contribution in [2.45, 2.75) is 51.4 Å². The van der Waals surface area contributed by atoms with Gasteiger partial charge in [-0.2, -0.15) is 13.2 Å². The maximum Gasteiger partial charge on any atom is 0.433 e. The smallest absolute Gasteiger partial charge is 0.368 e. The van der Waals surface area contributed by atoms with Crippen molar-refractivity contribution in [1.82, 2.24) is 14.9 Å². The normalized spacial score (nSPS) is 26.1. The van der Waals surface area contributed by atoms with Crippen LogP contribution in [-0.2, 0) is 11.0 Å². The molecule has 1 aliphatic heterocycles. The minimum Gasteiger partial charge on any atom is -0.368 e. The van der Waals surface area contributed by atoms with Crippen molar-refractivity contribution in [3.8, 4) is 0 Å². The third kappa shape index (κ3) is 4.24. The molecule has 0 bridgehead atoms. The predicted molar refractivity (Wildman–Crippen MR) is 99.4 cm³/mol.